The molecule has 1 aromatic carbocycles. The molecule has 5 heteroatoms. The summed E-state index contributed by atoms with van der Waals surface area (Å²) in [6.45, 7) is 2.64. The van der Waals surface area contributed by atoms with Gasteiger partial charge in [-0.15, -0.1) is 0 Å². The topological polar surface area (TPSA) is 61.2 Å². The molecule has 0 bridgehead atoms. The van der Waals surface area contributed by atoms with Crippen LogP contribution in [-0.4, -0.2) is 22.1 Å². The highest BCUT2D eigenvalue weighted by atomic mass is 16.5. The molecular weight excluding hydrogens is 280 g/mol. The van der Waals surface area contributed by atoms with Gasteiger partial charge in [0.15, 0.2) is 0 Å². The molecule has 2 aromatic rings. The van der Waals surface area contributed by atoms with Gasteiger partial charge in [-0.25, -0.2) is 4.79 Å². The summed E-state index contributed by atoms with van der Waals surface area (Å²) in [6.07, 6.45) is 4.36. The molecule has 0 N–H and O–H groups in total. The van der Waals surface area contributed by atoms with E-state index in [2.05, 4.69) is 4.98 Å². The quantitative estimate of drug-likeness (QED) is 0.816. The van der Waals surface area contributed by atoms with Crippen molar-refractivity contribution >= 4 is 17.6 Å². The predicted octanol–water partition coefficient (Wildman–Crippen LogP) is 2.36. The van der Waals surface area contributed by atoms with Crippen LogP contribution in [0.3, 0.4) is 0 Å². The van der Waals surface area contributed by atoms with E-state index in [-0.39, 0.29) is 12.2 Å². The fourth-order valence-electron chi connectivity index (χ4n) is 2.51. The number of esters is 1. The maximum Gasteiger partial charge on any atom is 0.345 e. The Bertz CT molecular complexity index is 791. The van der Waals surface area contributed by atoms with Crippen molar-refractivity contribution < 1.29 is 9.53 Å². The first-order valence-corrected chi connectivity index (χ1v) is 7.23. The van der Waals surface area contributed by atoms with Gasteiger partial charge in [-0.3, -0.25) is 4.79 Å². The Balaban J connectivity index is 1.99. The monoisotopic (exact) mass is 296 g/mol. The van der Waals surface area contributed by atoms with Crippen LogP contribution in [0.4, 0.5) is 0 Å². The molecule has 0 atom stereocenters. The molecule has 2 heterocycles. The van der Waals surface area contributed by atoms with E-state index in [9.17, 15) is 9.59 Å². The maximum atomic E-state index is 12.0. The first-order chi connectivity index (χ1) is 10.7. The molecule has 0 aliphatic carbocycles. The zero-order valence-corrected chi connectivity index (χ0v) is 12.3. The standard InChI is InChI=1S/C17H16N2O3/c1-2-22-17(21)14-11-19-9-8-13(15(19)18-16(14)20)10-12-6-4-3-5-7-12/h3-7,10-11H,2,8-9H2,1H3/b13-10+. The number of fused-ring (bicyclic) bond motifs is 1. The number of aromatic nitrogens is 2. The van der Waals surface area contributed by atoms with E-state index in [0.717, 1.165) is 17.6 Å². The van der Waals surface area contributed by atoms with Crippen molar-refractivity contribution in [2.75, 3.05) is 6.61 Å². The van der Waals surface area contributed by atoms with Crippen molar-refractivity contribution in [3.05, 3.63) is 63.8 Å². The van der Waals surface area contributed by atoms with Crippen molar-refractivity contribution in [1.82, 2.24) is 9.55 Å². The molecule has 112 valence electrons. The molecule has 1 aliphatic heterocycles. The summed E-state index contributed by atoms with van der Waals surface area (Å²) >= 11 is 0. The van der Waals surface area contributed by atoms with E-state index in [4.69, 9.17) is 4.74 Å². The van der Waals surface area contributed by atoms with Gasteiger partial charge in [0.1, 0.15) is 11.4 Å². The summed E-state index contributed by atoms with van der Waals surface area (Å²) in [5.41, 5.74) is 1.52. The van der Waals surface area contributed by atoms with Gasteiger partial charge in [0.2, 0.25) is 0 Å². The molecule has 0 amide bonds. The van der Waals surface area contributed by atoms with Gasteiger partial charge in [0, 0.05) is 12.7 Å². The van der Waals surface area contributed by atoms with Crippen LogP contribution in [0.2, 0.25) is 0 Å². The Morgan fingerprint density at radius 1 is 1.36 bits per heavy atom. The lowest BCUT2D eigenvalue weighted by Gasteiger charge is -2.06. The predicted molar refractivity (Wildman–Crippen MR) is 83.4 cm³/mol. The van der Waals surface area contributed by atoms with Crippen molar-refractivity contribution in [2.24, 2.45) is 0 Å². The van der Waals surface area contributed by atoms with Crippen LogP contribution in [0.15, 0.2) is 41.3 Å². The number of ether oxygens (including phenoxy) is 1. The first-order valence-electron chi connectivity index (χ1n) is 7.23. The van der Waals surface area contributed by atoms with Gasteiger partial charge in [-0.05, 0) is 30.6 Å². The van der Waals surface area contributed by atoms with E-state index >= 15 is 0 Å². The number of hydrogen-bond acceptors (Lipinski definition) is 4. The fourth-order valence-corrected chi connectivity index (χ4v) is 2.51. The molecule has 0 radical (unpaired) electrons. The zero-order chi connectivity index (χ0) is 15.5. The van der Waals surface area contributed by atoms with Gasteiger partial charge < -0.3 is 9.30 Å². The van der Waals surface area contributed by atoms with E-state index < -0.39 is 11.5 Å². The van der Waals surface area contributed by atoms with Crippen LogP contribution in [0.25, 0.3) is 11.6 Å². The van der Waals surface area contributed by atoms with E-state index in [0.29, 0.717) is 12.4 Å². The second-order valence-corrected chi connectivity index (χ2v) is 5.03. The molecule has 0 fully saturated rings. The van der Waals surface area contributed by atoms with Crippen molar-refractivity contribution in [3.63, 3.8) is 0 Å². The van der Waals surface area contributed by atoms with Crippen molar-refractivity contribution in [1.29, 1.82) is 0 Å². The summed E-state index contributed by atoms with van der Waals surface area (Å²) in [7, 11) is 0. The molecule has 1 aliphatic rings. The molecule has 3 rings (SSSR count). The lowest BCUT2D eigenvalue weighted by molar-refractivity contribution is 0.0523. The average molecular weight is 296 g/mol. The summed E-state index contributed by atoms with van der Waals surface area (Å²) in [4.78, 5) is 27.9. The second-order valence-electron chi connectivity index (χ2n) is 5.03. The van der Waals surface area contributed by atoms with Crippen molar-refractivity contribution in [2.45, 2.75) is 19.9 Å². The number of rotatable bonds is 3. The minimum absolute atomic E-state index is 0.00781. The maximum absolute atomic E-state index is 12.0. The SMILES string of the molecule is CCOC(=O)c1cn2c(nc1=O)/C(=C/c1ccccc1)CC2. The molecule has 1 aromatic heterocycles. The minimum Gasteiger partial charge on any atom is -0.462 e. The van der Waals surface area contributed by atoms with E-state index in [1.807, 2.05) is 41.0 Å². The van der Waals surface area contributed by atoms with Crippen LogP contribution < -0.4 is 5.56 Å². The molecule has 22 heavy (non-hydrogen) atoms. The van der Waals surface area contributed by atoms with Crippen LogP contribution in [0, 0.1) is 0 Å². The van der Waals surface area contributed by atoms with Crippen LogP contribution in [0.5, 0.6) is 0 Å². The highest BCUT2D eigenvalue weighted by Gasteiger charge is 2.22. The third kappa shape index (κ3) is 2.70. The van der Waals surface area contributed by atoms with Gasteiger partial charge >= 0.3 is 5.97 Å². The largest absolute Gasteiger partial charge is 0.462 e. The summed E-state index contributed by atoms with van der Waals surface area (Å²) in [5, 5.41) is 0. The van der Waals surface area contributed by atoms with Gasteiger partial charge in [-0.1, -0.05) is 30.3 Å². The number of nitrogens with zero attached hydrogens (tertiary/aromatic N) is 2. The molecular formula is C17H16N2O3. The lowest BCUT2D eigenvalue weighted by atomic mass is 10.1. The number of carbonyl (C=O) groups excluding carboxylic acids is 1. The molecule has 0 unspecified atom stereocenters. The second kappa shape index (κ2) is 5.97. The molecule has 0 saturated heterocycles. The Hall–Kier alpha value is -2.69. The smallest absolute Gasteiger partial charge is 0.345 e. The Morgan fingerprint density at radius 3 is 2.86 bits per heavy atom. The number of carbonyl (C=O) groups is 1. The summed E-state index contributed by atoms with van der Waals surface area (Å²) < 4.78 is 6.72. The highest BCUT2D eigenvalue weighted by molar-refractivity contribution is 5.89. The third-order valence-corrected chi connectivity index (χ3v) is 3.54. The molecule has 0 saturated carbocycles. The summed E-state index contributed by atoms with van der Waals surface area (Å²) in [6, 6.07) is 9.89. The van der Waals surface area contributed by atoms with Crippen molar-refractivity contribution in [3.8, 4) is 0 Å². The minimum atomic E-state index is -0.615. The van der Waals surface area contributed by atoms with Gasteiger partial charge in [-0.2, -0.15) is 4.98 Å². The lowest BCUT2D eigenvalue weighted by Crippen LogP contribution is -2.23. The number of aryl methyl sites for hydroxylation is 1. The fraction of sp³-hybridized carbons (Fsp3) is 0.235. The number of hydrogen-bond donors (Lipinski definition) is 0. The summed E-state index contributed by atoms with van der Waals surface area (Å²) in [5.74, 6) is 0.0118. The van der Waals surface area contributed by atoms with E-state index in [1.165, 1.54) is 0 Å². The molecule has 0 spiro atoms. The number of benzene rings is 1. The number of allylic oxidation sites excluding steroid dienone is 1. The normalized spacial score (nSPS) is 14.9. The van der Waals surface area contributed by atoms with Crippen LogP contribution >= 0.6 is 0 Å². The Morgan fingerprint density at radius 2 is 2.14 bits per heavy atom. The Labute approximate surface area is 127 Å². The first kappa shape index (κ1) is 14.3. The van der Waals surface area contributed by atoms with Crippen LogP contribution in [-0.2, 0) is 11.3 Å². The van der Waals surface area contributed by atoms with E-state index in [1.54, 1.807) is 13.1 Å². The third-order valence-electron chi connectivity index (χ3n) is 3.54. The zero-order valence-electron chi connectivity index (χ0n) is 12.3. The van der Waals surface area contributed by atoms with Gasteiger partial charge in [0.05, 0.1) is 6.61 Å². The Kier molecular flexibility index (Phi) is 3.87. The van der Waals surface area contributed by atoms with Gasteiger partial charge in [0.25, 0.3) is 5.56 Å². The molecule has 5 nitrogen and oxygen atoms in total. The average Bonchev–Trinajstić information content (AvgIpc) is 2.90. The van der Waals surface area contributed by atoms with Crippen LogP contribution in [0.1, 0.15) is 35.1 Å². The highest BCUT2D eigenvalue weighted by Crippen LogP contribution is 2.26.